The van der Waals surface area contributed by atoms with E-state index in [0.29, 0.717) is 38.4 Å². The first kappa shape index (κ1) is 20.0. The SMILES string of the molecule is CN(C)C(=O)CN1CCN(c2ccc(NS(C)(=O)=O)c(C(=O)O)c2)CC1. The monoisotopic (exact) mass is 384 g/mol. The van der Waals surface area contributed by atoms with Crippen LogP contribution in [0.2, 0.25) is 0 Å². The first-order chi connectivity index (χ1) is 12.1. The molecule has 0 atom stereocenters. The van der Waals surface area contributed by atoms with Crippen molar-refractivity contribution in [2.75, 3.05) is 62.7 Å². The summed E-state index contributed by atoms with van der Waals surface area (Å²) in [6.07, 6.45) is 0.973. The molecule has 1 saturated heterocycles. The number of aromatic carboxylic acids is 1. The molecule has 1 fully saturated rings. The minimum Gasteiger partial charge on any atom is -0.478 e. The van der Waals surface area contributed by atoms with Gasteiger partial charge >= 0.3 is 5.97 Å². The number of hydrogen-bond acceptors (Lipinski definition) is 6. The number of sulfonamides is 1. The molecule has 0 bridgehead atoms. The van der Waals surface area contributed by atoms with Gasteiger partial charge in [-0.15, -0.1) is 0 Å². The Labute approximate surface area is 153 Å². The predicted octanol–water partition coefficient (Wildman–Crippen LogP) is -0.0335. The van der Waals surface area contributed by atoms with Crippen molar-refractivity contribution in [1.82, 2.24) is 9.80 Å². The lowest BCUT2D eigenvalue weighted by Crippen LogP contribution is -2.49. The summed E-state index contributed by atoms with van der Waals surface area (Å²) >= 11 is 0. The molecule has 1 heterocycles. The van der Waals surface area contributed by atoms with E-state index in [1.807, 2.05) is 4.90 Å². The number of likely N-dealkylation sites (N-methyl/N-ethyl adjacent to an activating group) is 1. The number of nitrogens with one attached hydrogen (secondary N) is 1. The van der Waals surface area contributed by atoms with Crippen molar-refractivity contribution >= 4 is 33.3 Å². The van der Waals surface area contributed by atoms with Gasteiger partial charge in [0.1, 0.15) is 0 Å². The molecule has 0 unspecified atom stereocenters. The third kappa shape index (κ3) is 5.33. The Balaban J connectivity index is 2.09. The second-order valence-corrected chi connectivity index (χ2v) is 8.21. The van der Waals surface area contributed by atoms with Crippen LogP contribution in [-0.4, -0.2) is 88.3 Å². The number of hydrogen-bond donors (Lipinski definition) is 2. The van der Waals surface area contributed by atoms with Crippen molar-refractivity contribution < 1.29 is 23.1 Å². The molecule has 0 spiro atoms. The summed E-state index contributed by atoms with van der Waals surface area (Å²) < 4.78 is 25.0. The summed E-state index contributed by atoms with van der Waals surface area (Å²) in [6.45, 7) is 3.03. The number of carbonyl (C=O) groups is 2. The fourth-order valence-electron chi connectivity index (χ4n) is 2.69. The number of rotatable bonds is 6. The maximum absolute atomic E-state index is 11.8. The molecule has 0 aliphatic carbocycles. The van der Waals surface area contributed by atoms with Crippen LogP contribution >= 0.6 is 0 Å². The molecule has 1 amide bonds. The lowest BCUT2D eigenvalue weighted by Gasteiger charge is -2.36. The molecule has 2 rings (SSSR count). The Kier molecular flexibility index (Phi) is 6.09. The van der Waals surface area contributed by atoms with Gasteiger partial charge < -0.3 is 14.9 Å². The number of nitrogens with zero attached hydrogens (tertiary/aromatic N) is 3. The zero-order valence-electron chi connectivity index (χ0n) is 15.1. The molecule has 0 saturated carbocycles. The third-order valence-electron chi connectivity index (χ3n) is 4.12. The molecule has 1 aliphatic rings. The minimum atomic E-state index is -3.57. The Morgan fingerprint density at radius 1 is 1.19 bits per heavy atom. The molecule has 1 aromatic rings. The average molecular weight is 384 g/mol. The zero-order chi connectivity index (χ0) is 19.5. The van der Waals surface area contributed by atoms with Crippen LogP contribution in [0, 0.1) is 0 Å². The lowest BCUT2D eigenvalue weighted by atomic mass is 10.1. The molecular weight excluding hydrogens is 360 g/mol. The van der Waals surface area contributed by atoms with E-state index in [1.54, 1.807) is 25.1 Å². The summed E-state index contributed by atoms with van der Waals surface area (Å²) in [5, 5.41) is 9.37. The van der Waals surface area contributed by atoms with Gasteiger partial charge in [0.15, 0.2) is 0 Å². The Morgan fingerprint density at radius 2 is 1.81 bits per heavy atom. The van der Waals surface area contributed by atoms with Gasteiger partial charge in [0.25, 0.3) is 0 Å². The van der Waals surface area contributed by atoms with E-state index in [-0.39, 0.29) is 17.2 Å². The lowest BCUT2D eigenvalue weighted by molar-refractivity contribution is -0.129. The summed E-state index contributed by atoms with van der Waals surface area (Å²) in [4.78, 5) is 28.9. The first-order valence-electron chi connectivity index (χ1n) is 8.09. The highest BCUT2D eigenvalue weighted by Gasteiger charge is 2.22. The third-order valence-corrected chi connectivity index (χ3v) is 4.71. The molecule has 9 nitrogen and oxygen atoms in total. The summed E-state index contributed by atoms with van der Waals surface area (Å²) in [6, 6.07) is 4.62. The fraction of sp³-hybridized carbons (Fsp3) is 0.500. The number of piperazine rings is 1. The standard InChI is InChI=1S/C16H24N4O5S/c1-18(2)15(21)11-19-6-8-20(9-7-19)12-4-5-14(17-26(3,24)25)13(10-12)16(22)23/h4-5,10,17H,6-9,11H2,1-3H3,(H,22,23). The van der Waals surface area contributed by atoms with Crippen LogP contribution in [0.4, 0.5) is 11.4 Å². The molecule has 2 N–H and O–H groups in total. The number of amides is 1. The number of anilines is 2. The zero-order valence-corrected chi connectivity index (χ0v) is 15.9. The van der Waals surface area contributed by atoms with Crippen LogP contribution in [0.1, 0.15) is 10.4 Å². The number of benzene rings is 1. The minimum absolute atomic E-state index is 0.0407. The average Bonchev–Trinajstić information content (AvgIpc) is 2.54. The van der Waals surface area contributed by atoms with Crippen LogP contribution < -0.4 is 9.62 Å². The van der Waals surface area contributed by atoms with Crippen molar-refractivity contribution in [1.29, 1.82) is 0 Å². The number of carboxylic acid groups (broad SMARTS) is 1. The highest BCUT2D eigenvalue weighted by molar-refractivity contribution is 7.92. The van der Waals surface area contributed by atoms with E-state index >= 15 is 0 Å². The summed E-state index contributed by atoms with van der Waals surface area (Å²) in [5.74, 6) is -1.16. The van der Waals surface area contributed by atoms with E-state index in [4.69, 9.17) is 0 Å². The molecular formula is C16H24N4O5S. The Morgan fingerprint density at radius 3 is 2.31 bits per heavy atom. The van der Waals surface area contributed by atoms with Crippen LogP contribution in [0.5, 0.6) is 0 Å². The normalized spacial score (nSPS) is 15.6. The topological polar surface area (TPSA) is 110 Å². The molecule has 26 heavy (non-hydrogen) atoms. The van der Waals surface area contributed by atoms with Gasteiger partial charge in [-0.1, -0.05) is 0 Å². The van der Waals surface area contributed by atoms with Gasteiger partial charge in [-0.3, -0.25) is 14.4 Å². The molecule has 1 aromatic carbocycles. The highest BCUT2D eigenvalue weighted by atomic mass is 32.2. The van der Waals surface area contributed by atoms with Gasteiger partial charge in [0.05, 0.1) is 24.1 Å². The highest BCUT2D eigenvalue weighted by Crippen LogP contribution is 2.25. The number of carboxylic acids is 1. The van der Waals surface area contributed by atoms with Crippen molar-refractivity contribution in [2.24, 2.45) is 0 Å². The van der Waals surface area contributed by atoms with E-state index in [0.717, 1.165) is 6.26 Å². The quantitative estimate of drug-likeness (QED) is 0.708. The molecule has 144 valence electrons. The van der Waals surface area contributed by atoms with E-state index in [2.05, 4.69) is 9.62 Å². The van der Waals surface area contributed by atoms with Gasteiger partial charge in [-0.05, 0) is 18.2 Å². The Bertz CT molecular complexity index is 786. The van der Waals surface area contributed by atoms with Crippen molar-refractivity contribution in [3.63, 3.8) is 0 Å². The van der Waals surface area contributed by atoms with Crippen molar-refractivity contribution in [3.05, 3.63) is 23.8 Å². The van der Waals surface area contributed by atoms with E-state index in [9.17, 15) is 23.1 Å². The van der Waals surface area contributed by atoms with Crippen LogP contribution in [0.3, 0.4) is 0 Å². The van der Waals surface area contributed by atoms with Gasteiger partial charge in [0.2, 0.25) is 15.9 Å². The molecule has 1 aliphatic heterocycles. The predicted molar refractivity (Wildman–Crippen MR) is 99.2 cm³/mol. The van der Waals surface area contributed by atoms with E-state index < -0.39 is 16.0 Å². The van der Waals surface area contributed by atoms with Crippen molar-refractivity contribution in [3.8, 4) is 0 Å². The second-order valence-electron chi connectivity index (χ2n) is 6.46. The first-order valence-corrected chi connectivity index (χ1v) is 9.98. The maximum Gasteiger partial charge on any atom is 0.337 e. The van der Waals surface area contributed by atoms with Crippen LogP contribution in [-0.2, 0) is 14.8 Å². The van der Waals surface area contributed by atoms with Crippen molar-refractivity contribution in [2.45, 2.75) is 0 Å². The molecule has 0 radical (unpaired) electrons. The van der Waals surface area contributed by atoms with Gasteiger partial charge in [0, 0.05) is 46.0 Å². The summed E-state index contributed by atoms with van der Waals surface area (Å²) in [7, 11) is -0.126. The Hall–Kier alpha value is -2.33. The molecule has 10 heteroatoms. The number of carbonyl (C=O) groups excluding carboxylic acids is 1. The van der Waals surface area contributed by atoms with Gasteiger partial charge in [-0.25, -0.2) is 13.2 Å². The fourth-order valence-corrected chi connectivity index (χ4v) is 3.27. The smallest absolute Gasteiger partial charge is 0.337 e. The van der Waals surface area contributed by atoms with Crippen LogP contribution in [0.15, 0.2) is 18.2 Å². The largest absolute Gasteiger partial charge is 0.478 e. The summed E-state index contributed by atoms with van der Waals surface area (Å²) in [5.41, 5.74) is 0.650. The second kappa shape index (κ2) is 7.92. The maximum atomic E-state index is 11.8. The van der Waals surface area contributed by atoms with Gasteiger partial charge in [-0.2, -0.15) is 0 Å². The van der Waals surface area contributed by atoms with Crippen LogP contribution in [0.25, 0.3) is 0 Å². The molecule has 0 aromatic heterocycles. The van der Waals surface area contributed by atoms with E-state index in [1.165, 1.54) is 12.1 Å².